The van der Waals surface area contributed by atoms with E-state index in [2.05, 4.69) is 20.7 Å². The van der Waals surface area contributed by atoms with Crippen molar-refractivity contribution in [1.82, 2.24) is 0 Å². The van der Waals surface area contributed by atoms with Crippen molar-refractivity contribution in [3.63, 3.8) is 0 Å². The summed E-state index contributed by atoms with van der Waals surface area (Å²) in [5.74, 6) is 0.000463. The molecule has 0 amide bonds. The van der Waals surface area contributed by atoms with E-state index in [-0.39, 0.29) is 11.3 Å². The Hall–Kier alpha value is -0.500. The summed E-state index contributed by atoms with van der Waals surface area (Å²) in [5, 5.41) is 0. The predicted octanol–water partition coefficient (Wildman–Crippen LogP) is 2.77. The van der Waals surface area contributed by atoms with E-state index in [1.807, 2.05) is 0 Å². The zero-order chi connectivity index (χ0) is 12.6. The normalized spacial score (nSPS) is 20.9. The molecule has 10 heavy (non-hydrogen) atoms. The molecule has 1 aromatic rings. The number of halogens is 1. The molecule has 2 heteroatoms. The van der Waals surface area contributed by atoms with Crippen LogP contribution in [0.25, 0.3) is 0 Å². The molecule has 0 aliphatic heterocycles. The molecular weight excluding hydrogens is 192 g/mol. The molecule has 1 rings (SSSR count). The van der Waals surface area contributed by atoms with Gasteiger partial charge in [-0.1, -0.05) is 15.9 Å². The first kappa shape index (κ1) is 2.86. The van der Waals surface area contributed by atoms with Crippen molar-refractivity contribution >= 4 is 15.9 Å². The first-order chi connectivity index (χ1) is 7.08. The zero-order valence-electron chi connectivity index (χ0n) is 11.0. The summed E-state index contributed by atoms with van der Waals surface area (Å²) in [7, 11) is -2.59. The Bertz CT molecular complexity index is 383. The summed E-state index contributed by atoms with van der Waals surface area (Å²) in [6.45, 7) is -2.30. The van der Waals surface area contributed by atoms with E-state index in [1.165, 1.54) is 18.2 Å². The molecule has 1 nitrogen and oxygen atoms in total. The second kappa shape index (κ2) is 3.06. The van der Waals surface area contributed by atoms with E-state index in [9.17, 15) is 0 Å². The van der Waals surface area contributed by atoms with Crippen molar-refractivity contribution < 1.29 is 13.0 Å². The SMILES string of the molecule is [2H]C([2H])([2H])Oc1cc(Br)cc(C([2H])([2H])[2H])c1. The number of hydrogen-bond donors (Lipinski definition) is 0. The third-order valence-electron chi connectivity index (χ3n) is 0.989. The van der Waals surface area contributed by atoms with E-state index in [4.69, 9.17) is 8.22 Å². The fourth-order valence-electron chi connectivity index (χ4n) is 0.622. The van der Waals surface area contributed by atoms with Crippen molar-refractivity contribution in [3.05, 3.63) is 28.2 Å². The highest BCUT2D eigenvalue weighted by Crippen LogP contribution is 2.20. The topological polar surface area (TPSA) is 9.23 Å². The summed E-state index contributed by atoms with van der Waals surface area (Å²) < 4.78 is 47.5. The van der Waals surface area contributed by atoms with Gasteiger partial charge < -0.3 is 4.74 Å². The van der Waals surface area contributed by atoms with Gasteiger partial charge in [-0.2, -0.15) is 0 Å². The Morgan fingerprint density at radius 1 is 1.50 bits per heavy atom. The van der Waals surface area contributed by atoms with Crippen LogP contribution in [0.15, 0.2) is 22.7 Å². The number of ether oxygens (including phenoxy) is 1. The van der Waals surface area contributed by atoms with Crippen LogP contribution >= 0.6 is 15.9 Å². The minimum atomic E-state index is -2.59. The number of rotatable bonds is 1. The van der Waals surface area contributed by atoms with Crippen molar-refractivity contribution in [1.29, 1.82) is 0 Å². The zero-order valence-corrected chi connectivity index (χ0v) is 6.60. The monoisotopic (exact) mass is 206 g/mol. The van der Waals surface area contributed by atoms with Crippen LogP contribution < -0.4 is 4.74 Å². The molecule has 0 fully saturated rings. The quantitative estimate of drug-likeness (QED) is 0.687. The summed E-state index contributed by atoms with van der Waals surface area (Å²) in [4.78, 5) is 0. The largest absolute Gasteiger partial charge is 0.497 e. The van der Waals surface area contributed by atoms with Gasteiger partial charge in [0.25, 0.3) is 0 Å². The molecule has 0 aromatic heterocycles. The molecule has 0 atom stereocenters. The standard InChI is InChI=1S/C8H9BrO/c1-6-3-7(9)5-8(4-6)10-2/h3-5H,1-2H3/i1D3,2D3. The maximum absolute atomic E-state index is 7.21. The number of hydrogen-bond acceptors (Lipinski definition) is 1. The fourth-order valence-corrected chi connectivity index (χ4v) is 1.09. The predicted molar refractivity (Wildman–Crippen MR) is 45.4 cm³/mol. The molecule has 0 aliphatic carbocycles. The van der Waals surface area contributed by atoms with Crippen LogP contribution in [0.1, 0.15) is 13.8 Å². The minimum Gasteiger partial charge on any atom is -0.497 e. The smallest absolute Gasteiger partial charge is 0.120 e. The van der Waals surface area contributed by atoms with Crippen LogP contribution in [0.2, 0.25) is 0 Å². The van der Waals surface area contributed by atoms with E-state index < -0.39 is 13.9 Å². The number of aryl methyl sites for hydroxylation is 1. The van der Waals surface area contributed by atoms with Crippen LogP contribution in [0.5, 0.6) is 5.75 Å². The second-order valence-corrected chi connectivity index (χ2v) is 2.69. The molecule has 0 unspecified atom stereocenters. The summed E-state index contributed by atoms with van der Waals surface area (Å²) >= 11 is 3.10. The maximum atomic E-state index is 7.21. The van der Waals surface area contributed by atoms with Gasteiger partial charge in [0.2, 0.25) is 0 Å². The van der Waals surface area contributed by atoms with E-state index in [0.717, 1.165) is 0 Å². The highest BCUT2D eigenvalue weighted by Gasteiger charge is 1.93. The molecular formula is C8H9BrO. The lowest BCUT2D eigenvalue weighted by atomic mass is 10.2. The Morgan fingerprint density at radius 2 is 2.40 bits per heavy atom. The van der Waals surface area contributed by atoms with Gasteiger partial charge in [0.05, 0.1) is 11.2 Å². The summed E-state index contributed by atoms with van der Waals surface area (Å²) in [6.07, 6.45) is 0. The van der Waals surface area contributed by atoms with E-state index in [1.54, 1.807) is 0 Å². The molecule has 0 bridgehead atoms. The molecule has 0 saturated heterocycles. The Balaban J connectivity index is 3.09. The molecule has 1 aromatic carbocycles. The van der Waals surface area contributed by atoms with Crippen molar-refractivity contribution in [2.45, 2.75) is 6.85 Å². The van der Waals surface area contributed by atoms with Gasteiger partial charge in [-0.25, -0.2) is 0 Å². The van der Waals surface area contributed by atoms with E-state index in [0.29, 0.717) is 4.47 Å². The molecule has 0 radical (unpaired) electrons. The molecule has 0 heterocycles. The second-order valence-electron chi connectivity index (χ2n) is 1.78. The Morgan fingerprint density at radius 3 is 3.10 bits per heavy atom. The van der Waals surface area contributed by atoms with Gasteiger partial charge in [0.1, 0.15) is 5.75 Å². The van der Waals surface area contributed by atoms with Gasteiger partial charge in [-0.15, -0.1) is 0 Å². The van der Waals surface area contributed by atoms with Crippen LogP contribution in [0, 0.1) is 6.85 Å². The van der Waals surface area contributed by atoms with Crippen LogP contribution in [0.3, 0.4) is 0 Å². The van der Waals surface area contributed by atoms with Crippen LogP contribution in [0.4, 0.5) is 0 Å². The Labute approximate surface area is 77.6 Å². The summed E-state index contributed by atoms with van der Waals surface area (Å²) in [6, 6.07) is 4.01. The van der Waals surface area contributed by atoms with E-state index >= 15 is 0 Å². The molecule has 0 N–H and O–H groups in total. The third-order valence-corrected chi connectivity index (χ3v) is 1.45. The molecule has 0 spiro atoms. The molecule has 54 valence electrons. The average molecular weight is 207 g/mol. The van der Waals surface area contributed by atoms with Crippen molar-refractivity contribution in [2.75, 3.05) is 7.04 Å². The maximum Gasteiger partial charge on any atom is 0.120 e. The highest BCUT2D eigenvalue weighted by molar-refractivity contribution is 9.10. The fraction of sp³-hybridized carbons (Fsp3) is 0.250. The van der Waals surface area contributed by atoms with Gasteiger partial charge in [-0.05, 0) is 30.6 Å². The highest BCUT2D eigenvalue weighted by atomic mass is 79.9. The lowest BCUT2D eigenvalue weighted by Crippen LogP contribution is -1.82. The molecule has 0 saturated carbocycles. The van der Waals surface area contributed by atoms with Gasteiger partial charge in [0, 0.05) is 8.58 Å². The van der Waals surface area contributed by atoms with Crippen molar-refractivity contribution in [3.8, 4) is 5.75 Å². The van der Waals surface area contributed by atoms with Crippen LogP contribution in [-0.2, 0) is 0 Å². The lowest BCUT2D eigenvalue weighted by Gasteiger charge is -2.00. The first-order valence-electron chi connectivity index (χ1n) is 5.58. The summed E-state index contributed by atoms with van der Waals surface area (Å²) in [5.41, 5.74) is 0.0288. The number of methoxy groups -OCH3 is 1. The first-order valence-corrected chi connectivity index (χ1v) is 3.37. The van der Waals surface area contributed by atoms with Gasteiger partial charge in [-0.3, -0.25) is 0 Å². The Kier molecular flexibility index (Phi) is 0.874. The lowest BCUT2D eigenvalue weighted by molar-refractivity contribution is 0.414. The van der Waals surface area contributed by atoms with Gasteiger partial charge in [0.15, 0.2) is 0 Å². The van der Waals surface area contributed by atoms with Gasteiger partial charge >= 0.3 is 0 Å². The average Bonchev–Trinajstić information content (AvgIpc) is 1.97. The third kappa shape index (κ3) is 1.74. The van der Waals surface area contributed by atoms with Crippen LogP contribution in [-0.4, -0.2) is 7.04 Å². The number of benzene rings is 1. The minimum absolute atomic E-state index is 0.000463. The van der Waals surface area contributed by atoms with Crippen molar-refractivity contribution in [2.24, 2.45) is 0 Å². The molecule has 0 aliphatic rings.